The standard InChI is InChI=1S/C8H17N3/c1-4-11(3)8-9-6-5-7(2)10-8/h6-8,10H,4-5H2,1-3H3. The molecule has 0 fully saturated rings. The first-order valence-corrected chi connectivity index (χ1v) is 4.22. The van der Waals surface area contributed by atoms with E-state index in [0.29, 0.717) is 6.04 Å². The van der Waals surface area contributed by atoms with E-state index in [4.69, 9.17) is 0 Å². The van der Waals surface area contributed by atoms with Crippen LogP contribution in [0.25, 0.3) is 0 Å². The number of nitrogens with zero attached hydrogens (tertiary/aromatic N) is 2. The van der Waals surface area contributed by atoms with Gasteiger partial charge in [-0.3, -0.25) is 15.2 Å². The number of hydrogen-bond donors (Lipinski definition) is 1. The van der Waals surface area contributed by atoms with Crippen LogP contribution in [-0.4, -0.2) is 37.0 Å². The van der Waals surface area contributed by atoms with Crippen LogP contribution in [0.15, 0.2) is 4.99 Å². The summed E-state index contributed by atoms with van der Waals surface area (Å²) in [5.74, 6) is 0. The van der Waals surface area contributed by atoms with Crippen LogP contribution in [0.5, 0.6) is 0 Å². The average Bonchev–Trinajstić information content (AvgIpc) is 2.03. The van der Waals surface area contributed by atoms with Gasteiger partial charge in [-0.05, 0) is 26.9 Å². The summed E-state index contributed by atoms with van der Waals surface area (Å²) in [6.45, 7) is 5.35. The molecule has 1 aliphatic rings. The number of rotatable bonds is 2. The van der Waals surface area contributed by atoms with Crippen molar-refractivity contribution in [2.75, 3.05) is 13.6 Å². The molecule has 2 unspecified atom stereocenters. The van der Waals surface area contributed by atoms with Crippen molar-refractivity contribution in [1.82, 2.24) is 10.2 Å². The van der Waals surface area contributed by atoms with Crippen LogP contribution in [0, 0.1) is 0 Å². The fourth-order valence-corrected chi connectivity index (χ4v) is 1.10. The van der Waals surface area contributed by atoms with Gasteiger partial charge in [-0.25, -0.2) is 0 Å². The summed E-state index contributed by atoms with van der Waals surface area (Å²) in [6.07, 6.45) is 3.26. The maximum absolute atomic E-state index is 4.34. The highest BCUT2D eigenvalue weighted by atomic mass is 15.4. The van der Waals surface area contributed by atoms with Gasteiger partial charge in [-0.2, -0.15) is 0 Å². The predicted octanol–water partition coefficient (Wildman–Crippen LogP) is 0.674. The van der Waals surface area contributed by atoms with Crippen molar-refractivity contribution in [2.24, 2.45) is 4.99 Å². The van der Waals surface area contributed by atoms with Crippen LogP contribution in [0.3, 0.4) is 0 Å². The Bertz CT molecular complexity index is 144. The fourth-order valence-electron chi connectivity index (χ4n) is 1.10. The molecule has 0 bridgehead atoms. The maximum Gasteiger partial charge on any atom is 0.155 e. The molecule has 11 heavy (non-hydrogen) atoms. The quantitative estimate of drug-likeness (QED) is 0.635. The number of aliphatic imine (C=N–C) groups is 1. The number of nitrogens with one attached hydrogen (secondary N) is 1. The normalized spacial score (nSPS) is 31.3. The minimum atomic E-state index is 0.198. The zero-order chi connectivity index (χ0) is 8.27. The lowest BCUT2D eigenvalue weighted by Crippen LogP contribution is -2.48. The summed E-state index contributed by atoms with van der Waals surface area (Å²) in [4.78, 5) is 6.53. The second-order valence-corrected chi connectivity index (χ2v) is 3.08. The zero-order valence-corrected chi connectivity index (χ0v) is 7.54. The van der Waals surface area contributed by atoms with Gasteiger partial charge in [0.1, 0.15) is 0 Å². The molecule has 0 saturated carbocycles. The molecule has 64 valence electrons. The maximum atomic E-state index is 4.34. The molecule has 1 heterocycles. The van der Waals surface area contributed by atoms with Gasteiger partial charge in [0.2, 0.25) is 0 Å². The van der Waals surface area contributed by atoms with Crippen molar-refractivity contribution in [3.05, 3.63) is 0 Å². The van der Waals surface area contributed by atoms with Crippen LogP contribution in [0.2, 0.25) is 0 Å². The molecule has 3 nitrogen and oxygen atoms in total. The van der Waals surface area contributed by atoms with Gasteiger partial charge in [0.25, 0.3) is 0 Å². The van der Waals surface area contributed by atoms with E-state index in [-0.39, 0.29) is 6.29 Å². The van der Waals surface area contributed by atoms with E-state index < -0.39 is 0 Å². The smallest absolute Gasteiger partial charge is 0.155 e. The van der Waals surface area contributed by atoms with Crippen molar-refractivity contribution < 1.29 is 0 Å². The fraction of sp³-hybridized carbons (Fsp3) is 0.875. The topological polar surface area (TPSA) is 27.6 Å². The Morgan fingerprint density at radius 3 is 3.00 bits per heavy atom. The van der Waals surface area contributed by atoms with E-state index in [1.165, 1.54) is 0 Å². The molecule has 2 atom stereocenters. The Labute approximate surface area is 68.5 Å². The minimum absolute atomic E-state index is 0.198. The average molecular weight is 155 g/mol. The van der Waals surface area contributed by atoms with Gasteiger partial charge in [-0.1, -0.05) is 6.92 Å². The molecule has 0 aromatic rings. The Morgan fingerprint density at radius 1 is 1.73 bits per heavy atom. The molecule has 1 rings (SSSR count). The molecule has 0 amide bonds. The third-order valence-corrected chi connectivity index (χ3v) is 2.06. The second-order valence-electron chi connectivity index (χ2n) is 3.08. The van der Waals surface area contributed by atoms with Crippen molar-refractivity contribution in [3.63, 3.8) is 0 Å². The van der Waals surface area contributed by atoms with E-state index in [0.717, 1.165) is 13.0 Å². The first kappa shape index (κ1) is 8.68. The first-order chi connectivity index (χ1) is 5.24. The lowest BCUT2D eigenvalue weighted by Gasteiger charge is -2.29. The van der Waals surface area contributed by atoms with Crippen LogP contribution in [-0.2, 0) is 0 Å². The summed E-state index contributed by atoms with van der Waals surface area (Å²) >= 11 is 0. The van der Waals surface area contributed by atoms with Crippen LogP contribution < -0.4 is 5.32 Å². The van der Waals surface area contributed by atoms with Gasteiger partial charge in [-0.15, -0.1) is 0 Å². The van der Waals surface area contributed by atoms with Crippen LogP contribution in [0.4, 0.5) is 0 Å². The third-order valence-electron chi connectivity index (χ3n) is 2.06. The minimum Gasteiger partial charge on any atom is -0.280 e. The Kier molecular flexibility index (Phi) is 3.02. The Balaban J connectivity index is 2.45. The van der Waals surface area contributed by atoms with Crippen molar-refractivity contribution in [3.8, 4) is 0 Å². The van der Waals surface area contributed by atoms with E-state index in [1.54, 1.807) is 0 Å². The molecule has 0 spiro atoms. The zero-order valence-electron chi connectivity index (χ0n) is 7.54. The summed E-state index contributed by atoms with van der Waals surface area (Å²) in [7, 11) is 2.08. The summed E-state index contributed by atoms with van der Waals surface area (Å²) in [6, 6.07) is 0.562. The van der Waals surface area contributed by atoms with Gasteiger partial charge in [0, 0.05) is 12.3 Å². The molecule has 3 heteroatoms. The summed E-state index contributed by atoms with van der Waals surface area (Å²) < 4.78 is 0. The Morgan fingerprint density at radius 2 is 2.45 bits per heavy atom. The van der Waals surface area contributed by atoms with E-state index in [2.05, 4.69) is 36.1 Å². The monoisotopic (exact) mass is 155 g/mol. The van der Waals surface area contributed by atoms with Gasteiger partial charge in [0.05, 0.1) is 0 Å². The van der Waals surface area contributed by atoms with Crippen molar-refractivity contribution >= 4 is 6.21 Å². The molecule has 0 aromatic heterocycles. The molecular weight excluding hydrogens is 138 g/mol. The predicted molar refractivity (Wildman–Crippen MR) is 47.8 cm³/mol. The van der Waals surface area contributed by atoms with Crippen molar-refractivity contribution in [1.29, 1.82) is 0 Å². The highest BCUT2D eigenvalue weighted by Gasteiger charge is 2.16. The second kappa shape index (κ2) is 3.83. The van der Waals surface area contributed by atoms with Crippen LogP contribution in [0.1, 0.15) is 20.3 Å². The highest BCUT2D eigenvalue weighted by Crippen LogP contribution is 2.02. The van der Waals surface area contributed by atoms with E-state index in [9.17, 15) is 0 Å². The van der Waals surface area contributed by atoms with Gasteiger partial charge >= 0.3 is 0 Å². The molecule has 1 aliphatic heterocycles. The Hall–Kier alpha value is -0.410. The number of hydrogen-bond acceptors (Lipinski definition) is 3. The molecule has 0 aromatic carbocycles. The van der Waals surface area contributed by atoms with E-state index in [1.807, 2.05) is 6.21 Å². The molecule has 0 saturated heterocycles. The van der Waals surface area contributed by atoms with Crippen molar-refractivity contribution in [2.45, 2.75) is 32.6 Å². The first-order valence-electron chi connectivity index (χ1n) is 4.22. The largest absolute Gasteiger partial charge is 0.280 e. The van der Waals surface area contributed by atoms with Gasteiger partial charge in [0.15, 0.2) is 6.29 Å². The van der Waals surface area contributed by atoms with Gasteiger partial charge < -0.3 is 0 Å². The third kappa shape index (κ3) is 2.27. The SMILES string of the molecule is CCN(C)C1N=CCC(C)N1. The highest BCUT2D eigenvalue weighted by molar-refractivity contribution is 5.59. The van der Waals surface area contributed by atoms with E-state index >= 15 is 0 Å². The lowest BCUT2D eigenvalue weighted by atomic mass is 10.2. The molecule has 0 aliphatic carbocycles. The molecular formula is C8H17N3. The summed E-state index contributed by atoms with van der Waals surface area (Å²) in [5, 5.41) is 3.40. The van der Waals surface area contributed by atoms with Crippen LogP contribution >= 0.6 is 0 Å². The molecule has 1 N–H and O–H groups in total. The lowest BCUT2D eigenvalue weighted by molar-refractivity contribution is 0.201. The molecule has 0 radical (unpaired) electrons. The summed E-state index contributed by atoms with van der Waals surface area (Å²) in [5.41, 5.74) is 0.